The monoisotopic (exact) mass is 409 g/mol. The Balaban J connectivity index is 1.63. The van der Waals surface area contributed by atoms with Crippen LogP contribution in [-0.2, 0) is 7.05 Å². The van der Waals surface area contributed by atoms with Gasteiger partial charge in [-0.05, 0) is 43.2 Å². The van der Waals surface area contributed by atoms with Crippen molar-refractivity contribution in [3.8, 4) is 11.4 Å². The van der Waals surface area contributed by atoms with Gasteiger partial charge in [-0.15, -0.1) is 0 Å². The Morgan fingerprint density at radius 2 is 1.97 bits per heavy atom. The standard InChI is InChI=1S/C21H20ClN5O2/c1-26-19(28)11-18(17-8-9-23-13-24-17)25-21(26)27-10-2-3-15(12-27)20(29)14-4-6-16(22)7-5-14/h4-9,11,13,15H,2-3,10,12H2,1H3. The predicted molar refractivity (Wildman–Crippen MR) is 111 cm³/mol. The quantitative estimate of drug-likeness (QED) is 0.616. The van der Waals surface area contributed by atoms with Crippen molar-refractivity contribution >= 4 is 23.3 Å². The van der Waals surface area contributed by atoms with Crippen LogP contribution in [0.3, 0.4) is 0 Å². The summed E-state index contributed by atoms with van der Waals surface area (Å²) >= 11 is 5.93. The van der Waals surface area contributed by atoms with Crippen molar-refractivity contribution < 1.29 is 4.79 Å². The molecule has 148 valence electrons. The lowest BCUT2D eigenvalue weighted by atomic mass is 9.90. The second-order valence-electron chi connectivity index (χ2n) is 7.09. The van der Waals surface area contributed by atoms with Crippen molar-refractivity contribution in [2.24, 2.45) is 13.0 Å². The zero-order chi connectivity index (χ0) is 20.4. The summed E-state index contributed by atoms with van der Waals surface area (Å²) in [7, 11) is 1.69. The summed E-state index contributed by atoms with van der Waals surface area (Å²) < 4.78 is 1.51. The molecule has 1 fully saturated rings. The van der Waals surface area contributed by atoms with E-state index in [9.17, 15) is 9.59 Å². The summed E-state index contributed by atoms with van der Waals surface area (Å²) in [4.78, 5) is 40.3. The highest BCUT2D eigenvalue weighted by molar-refractivity contribution is 6.30. The highest BCUT2D eigenvalue weighted by atomic mass is 35.5. The fraction of sp³-hybridized carbons (Fsp3) is 0.286. The fourth-order valence-corrected chi connectivity index (χ4v) is 3.73. The lowest BCUT2D eigenvalue weighted by Crippen LogP contribution is -2.41. The number of aromatic nitrogens is 4. The molecule has 0 amide bonds. The van der Waals surface area contributed by atoms with Gasteiger partial charge in [0, 0.05) is 48.9 Å². The fourth-order valence-electron chi connectivity index (χ4n) is 3.61. The zero-order valence-electron chi connectivity index (χ0n) is 16.0. The number of halogens is 1. The maximum Gasteiger partial charge on any atom is 0.255 e. The lowest BCUT2D eigenvalue weighted by Gasteiger charge is -2.33. The van der Waals surface area contributed by atoms with Crippen molar-refractivity contribution in [1.29, 1.82) is 0 Å². The Labute approximate surface area is 173 Å². The molecule has 2 aromatic heterocycles. The molecule has 3 heterocycles. The van der Waals surface area contributed by atoms with Crippen molar-refractivity contribution in [3.63, 3.8) is 0 Å². The van der Waals surface area contributed by atoms with Gasteiger partial charge in [0.1, 0.15) is 6.33 Å². The molecule has 3 aromatic rings. The van der Waals surface area contributed by atoms with Gasteiger partial charge in [0.25, 0.3) is 5.56 Å². The molecule has 0 bridgehead atoms. The number of nitrogens with zero attached hydrogens (tertiary/aromatic N) is 5. The van der Waals surface area contributed by atoms with E-state index in [0.29, 0.717) is 34.5 Å². The lowest BCUT2D eigenvalue weighted by molar-refractivity contribution is 0.0906. The van der Waals surface area contributed by atoms with Gasteiger partial charge in [-0.3, -0.25) is 14.2 Å². The van der Waals surface area contributed by atoms with Crippen molar-refractivity contribution in [2.45, 2.75) is 12.8 Å². The highest BCUT2D eigenvalue weighted by Gasteiger charge is 2.28. The normalized spacial score (nSPS) is 16.6. The van der Waals surface area contributed by atoms with Gasteiger partial charge in [0.15, 0.2) is 5.78 Å². The molecule has 8 heteroatoms. The molecule has 0 spiro atoms. The molecule has 1 aromatic carbocycles. The number of ketones is 1. The molecule has 0 aliphatic carbocycles. The molecule has 29 heavy (non-hydrogen) atoms. The minimum absolute atomic E-state index is 0.0864. The van der Waals surface area contributed by atoms with Crippen LogP contribution in [0.2, 0.25) is 5.02 Å². The summed E-state index contributed by atoms with van der Waals surface area (Å²) in [6, 6.07) is 10.2. The number of hydrogen-bond donors (Lipinski definition) is 0. The summed E-state index contributed by atoms with van der Waals surface area (Å²) in [6.45, 7) is 1.24. The third-order valence-corrected chi connectivity index (χ3v) is 5.41. The average Bonchev–Trinajstić information content (AvgIpc) is 2.76. The number of hydrogen-bond acceptors (Lipinski definition) is 6. The summed E-state index contributed by atoms with van der Waals surface area (Å²) in [5.74, 6) is 0.465. The summed E-state index contributed by atoms with van der Waals surface area (Å²) in [6.07, 6.45) is 4.69. The molecular weight excluding hydrogens is 390 g/mol. The van der Waals surface area contributed by atoms with E-state index in [2.05, 4.69) is 15.0 Å². The molecule has 0 saturated carbocycles. The van der Waals surface area contributed by atoms with Crippen LogP contribution in [0.1, 0.15) is 23.2 Å². The largest absolute Gasteiger partial charge is 0.341 e. The third-order valence-electron chi connectivity index (χ3n) is 5.16. The molecule has 1 aliphatic rings. The smallest absolute Gasteiger partial charge is 0.255 e. The third kappa shape index (κ3) is 4.05. The summed E-state index contributed by atoms with van der Waals surface area (Å²) in [5.41, 5.74) is 1.56. The maximum absolute atomic E-state index is 13.0. The Bertz CT molecular complexity index is 1080. The van der Waals surface area contributed by atoms with Crippen LogP contribution in [0, 0.1) is 5.92 Å². The number of carbonyl (C=O) groups excluding carboxylic acids is 1. The minimum Gasteiger partial charge on any atom is -0.341 e. The Hall–Kier alpha value is -3.06. The Kier molecular flexibility index (Phi) is 5.40. The van der Waals surface area contributed by atoms with Crippen molar-refractivity contribution in [1.82, 2.24) is 19.5 Å². The van der Waals surface area contributed by atoms with E-state index in [1.54, 1.807) is 43.6 Å². The molecule has 7 nitrogen and oxygen atoms in total. The van der Waals surface area contributed by atoms with Crippen molar-refractivity contribution in [2.75, 3.05) is 18.0 Å². The van der Waals surface area contributed by atoms with Gasteiger partial charge in [-0.2, -0.15) is 0 Å². The molecule has 1 atom stereocenters. The van der Waals surface area contributed by atoms with Crippen LogP contribution >= 0.6 is 11.6 Å². The van der Waals surface area contributed by atoms with Crippen LogP contribution < -0.4 is 10.5 Å². The molecule has 0 N–H and O–H groups in total. The maximum atomic E-state index is 13.0. The molecule has 1 aliphatic heterocycles. The zero-order valence-corrected chi connectivity index (χ0v) is 16.7. The summed E-state index contributed by atoms with van der Waals surface area (Å²) in [5, 5.41) is 0.604. The first kappa shape index (κ1) is 19.3. The highest BCUT2D eigenvalue weighted by Crippen LogP contribution is 2.25. The van der Waals surface area contributed by atoms with Crippen LogP contribution in [-0.4, -0.2) is 38.4 Å². The van der Waals surface area contributed by atoms with Crippen LogP contribution in [0.5, 0.6) is 0 Å². The number of carbonyl (C=O) groups is 1. The molecule has 4 rings (SSSR count). The van der Waals surface area contributed by atoms with Crippen molar-refractivity contribution in [3.05, 3.63) is 69.9 Å². The van der Waals surface area contributed by atoms with E-state index in [-0.39, 0.29) is 17.3 Å². The molecule has 0 radical (unpaired) electrons. The van der Waals surface area contributed by atoms with Crippen LogP contribution in [0.25, 0.3) is 11.4 Å². The van der Waals surface area contributed by atoms with E-state index in [1.165, 1.54) is 17.0 Å². The van der Waals surface area contributed by atoms with Crippen LogP contribution in [0.4, 0.5) is 5.95 Å². The first-order valence-corrected chi connectivity index (χ1v) is 9.80. The van der Waals surface area contributed by atoms with Gasteiger partial charge in [-0.25, -0.2) is 15.0 Å². The van der Waals surface area contributed by atoms with E-state index >= 15 is 0 Å². The number of anilines is 1. The first-order chi connectivity index (χ1) is 14.0. The van der Waals surface area contributed by atoms with Gasteiger partial charge in [0.2, 0.25) is 5.95 Å². The van der Waals surface area contributed by atoms with E-state index in [1.807, 2.05) is 4.90 Å². The first-order valence-electron chi connectivity index (χ1n) is 9.42. The second-order valence-corrected chi connectivity index (χ2v) is 7.53. The SMILES string of the molecule is Cn1c(N2CCCC(C(=O)c3ccc(Cl)cc3)C2)nc(-c2ccncn2)cc1=O. The van der Waals surface area contributed by atoms with E-state index in [4.69, 9.17) is 11.6 Å². The Morgan fingerprint density at radius 1 is 1.17 bits per heavy atom. The van der Waals surface area contributed by atoms with E-state index in [0.717, 1.165) is 19.4 Å². The van der Waals surface area contributed by atoms with Gasteiger partial charge >= 0.3 is 0 Å². The molecule has 1 unspecified atom stereocenters. The van der Waals surface area contributed by atoms with Gasteiger partial charge < -0.3 is 4.90 Å². The topological polar surface area (TPSA) is 81.0 Å². The number of Topliss-reactive ketones (excluding diaryl/α,β-unsaturated/α-hetero) is 1. The number of piperidine rings is 1. The Morgan fingerprint density at radius 3 is 2.69 bits per heavy atom. The number of rotatable bonds is 4. The molecule has 1 saturated heterocycles. The van der Waals surface area contributed by atoms with Gasteiger partial charge in [-0.1, -0.05) is 11.6 Å². The van der Waals surface area contributed by atoms with E-state index < -0.39 is 0 Å². The van der Waals surface area contributed by atoms with Crippen LogP contribution in [0.15, 0.2) is 53.7 Å². The minimum atomic E-state index is -0.172. The van der Waals surface area contributed by atoms with Gasteiger partial charge in [0.05, 0.1) is 11.4 Å². The predicted octanol–water partition coefficient (Wildman–Crippen LogP) is 2.99. The second kappa shape index (κ2) is 8.13. The average molecular weight is 410 g/mol. The molecular formula is C21H20ClN5O2. The number of benzene rings is 1.